The maximum absolute atomic E-state index is 11.6. The summed E-state index contributed by atoms with van der Waals surface area (Å²) >= 11 is 0. The fourth-order valence-electron chi connectivity index (χ4n) is 1.25. The first kappa shape index (κ1) is 13.9. The summed E-state index contributed by atoms with van der Waals surface area (Å²) in [4.78, 5) is 23.8. The molecule has 100 valence electrons. The number of nitrogens with one attached hydrogen (secondary N) is 2. The highest BCUT2D eigenvalue weighted by Crippen LogP contribution is 2.19. The van der Waals surface area contributed by atoms with Crippen molar-refractivity contribution in [2.24, 2.45) is 12.5 Å². The lowest BCUT2D eigenvalue weighted by Gasteiger charge is -2.27. The molecule has 2 amide bonds. The number of hydrogen-bond donors (Lipinski definition) is 3. The Morgan fingerprint density at radius 3 is 2.39 bits per heavy atom. The minimum atomic E-state index is -1.11. The van der Waals surface area contributed by atoms with Crippen LogP contribution < -0.4 is 10.6 Å². The van der Waals surface area contributed by atoms with E-state index in [0.29, 0.717) is 0 Å². The molecule has 1 rings (SSSR count). The number of hydrogen-bond acceptors (Lipinski definition) is 5. The predicted octanol–water partition coefficient (Wildman–Crippen LogP) is -0.169. The lowest BCUT2D eigenvalue weighted by Crippen LogP contribution is -2.50. The van der Waals surface area contributed by atoms with E-state index >= 15 is 0 Å². The van der Waals surface area contributed by atoms with E-state index in [1.54, 1.807) is 27.8 Å². The largest absolute Gasteiger partial charge is 0.480 e. The van der Waals surface area contributed by atoms with Crippen LogP contribution in [0.2, 0.25) is 0 Å². The Balaban J connectivity index is 2.65. The Kier molecular flexibility index (Phi) is 3.84. The number of anilines is 1. The first-order chi connectivity index (χ1) is 8.20. The van der Waals surface area contributed by atoms with Gasteiger partial charge in [0.2, 0.25) is 0 Å². The maximum Gasteiger partial charge on any atom is 0.326 e. The SMILES string of the molecule is Cn1nnc(NC(=O)N[C@@H](C(=O)O)C(C)(C)C)n1. The number of carbonyl (C=O) groups is 2. The molecule has 1 heterocycles. The van der Waals surface area contributed by atoms with Crippen LogP contribution in [0.5, 0.6) is 0 Å². The van der Waals surface area contributed by atoms with E-state index in [1.807, 2.05) is 0 Å². The summed E-state index contributed by atoms with van der Waals surface area (Å²) < 4.78 is 0. The fraction of sp³-hybridized carbons (Fsp3) is 0.667. The minimum absolute atomic E-state index is 0.00745. The van der Waals surface area contributed by atoms with Crippen LogP contribution in [0.25, 0.3) is 0 Å². The van der Waals surface area contributed by atoms with Crippen LogP contribution in [0.4, 0.5) is 10.7 Å². The topological polar surface area (TPSA) is 122 Å². The van der Waals surface area contributed by atoms with Crippen LogP contribution >= 0.6 is 0 Å². The molecule has 0 aromatic carbocycles. The van der Waals surface area contributed by atoms with Gasteiger partial charge in [0, 0.05) is 0 Å². The van der Waals surface area contributed by atoms with Gasteiger partial charge in [-0.25, -0.2) is 9.59 Å². The van der Waals surface area contributed by atoms with E-state index in [9.17, 15) is 9.59 Å². The van der Waals surface area contributed by atoms with Gasteiger partial charge in [-0.1, -0.05) is 25.9 Å². The highest BCUT2D eigenvalue weighted by atomic mass is 16.4. The van der Waals surface area contributed by atoms with Crippen molar-refractivity contribution >= 4 is 17.9 Å². The standard InChI is InChI=1S/C9H16N6O3/c1-9(2,3)5(6(16)17)10-8(18)11-7-12-14-15(4)13-7/h5H,1-4H3,(H,16,17)(H2,10,11,13,18)/t5-/m0/s1. The van der Waals surface area contributed by atoms with Gasteiger partial charge in [-0.3, -0.25) is 5.32 Å². The van der Waals surface area contributed by atoms with E-state index in [4.69, 9.17) is 5.11 Å². The summed E-state index contributed by atoms with van der Waals surface area (Å²) in [6.07, 6.45) is 0. The Labute approximate surface area is 104 Å². The van der Waals surface area contributed by atoms with Gasteiger partial charge in [-0.05, 0) is 10.6 Å². The van der Waals surface area contributed by atoms with Crippen LogP contribution in [0, 0.1) is 5.41 Å². The van der Waals surface area contributed by atoms with Crippen LogP contribution in [-0.4, -0.2) is 43.4 Å². The number of aryl methyl sites for hydroxylation is 1. The average Bonchev–Trinajstić information content (AvgIpc) is 2.58. The number of carboxylic acids is 1. The molecule has 18 heavy (non-hydrogen) atoms. The molecule has 1 atom stereocenters. The van der Waals surface area contributed by atoms with Crippen molar-refractivity contribution < 1.29 is 14.7 Å². The Morgan fingerprint density at radius 2 is 2.00 bits per heavy atom. The van der Waals surface area contributed by atoms with Crippen molar-refractivity contribution in [2.45, 2.75) is 26.8 Å². The minimum Gasteiger partial charge on any atom is -0.480 e. The smallest absolute Gasteiger partial charge is 0.326 e. The summed E-state index contributed by atoms with van der Waals surface area (Å²) in [6, 6.07) is -1.71. The molecule has 0 spiro atoms. The second-order valence-electron chi connectivity index (χ2n) is 4.84. The third kappa shape index (κ3) is 3.68. The summed E-state index contributed by atoms with van der Waals surface area (Å²) in [6.45, 7) is 5.14. The molecule has 0 fully saturated rings. The van der Waals surface area contributed by atoms with Gasteiger partial charge in [0.05, 0.1) is 7.05 Å². The van der Waals surface area contributed by atoms with Crippen molar-refractivity contribution in [2.75, 3.05) is 5.32 Å². The third-order valence-electron chi connectivity index (χ3n) is 2.12. The first-order valence-electron chi connectivity index (χ1n) is 5.24. The van der Waals surface area contributed by atoms with E-state index in [-0.39, 0.29) is 5.95 Å². The van der Waals surface area contributed by atoms with Gasteiger partial charge in [-0.15, -0.1) is 5.10 Å². The number of nitrogens with zero attached hydrogens (tertiary/aromatic N) is 4. The van der Waals surface area contributed by atoms with E-state index in [2.05, 4.69) is 26.0 Å². The normalized spacial score (nSPS) is 12.9. The van der Waals surface area contributed by atoms with Crippen molar-refractivity contribution in [1.82, 2.24) is 25.5 Å². The Morgan fingerprint density at radius 1 is 1.39 bits per heavy atom. The van der Waals surface area contributed by atoms with Crippen molar-refractivity contribution in [1.29, 1.82) is 0 Å². The average molecular weight is 256 g/mol. The van der Waals surface area contributed by atoms with Crippen molar-refractivity contribution in [3.63, 3.8) is 0 Å². The second-order valence-corrected chi connectivity index (χ2v) is 4.84. The molecular formula is C9H16N6O3. The van der Waals surface area contributed by atoms with Crippen molar-refractivity contribution in [3.8, 4) is 0 Å². The number of tetrazole rings is 1. The zero-order valence-electron chi connectivity index (χ0n) is 10.6. The van der Waals surface area contributed by atoms with Crippen LogP contribution in [-0.2, 0) is 11.8 Å². The van der Waals surface area contributed by atoms with Crippen molar-refractivity contribution in [3.05, 3.63) is 0 Å². The van der Waals surface area contributed by atoms with Crippen LogP contribution in [0.15, 0.2) is 0 Å². The number of carbonyl (C=O) groups excluding carboxylic acids is 1. The molecule has 9 heteroatoms. The summed E-state index contributed by atoms with van der Waals surface area (Å²) in [5.41, 5.74) is -0.612. The molecule has 3 N–H and O–H groups in total. The lowest BCUT2D eigenvalue weighted by atomic mass is 9.87. The van der Waals surface area contributed by atoms with Crippen LogP contribution in [0.3, 0.4) is 0 Å². The molecule has 0 saturated carbocycles. The summed E-state index contributed by atoms with van der Waals surface area (Å²) in [5, 5.41) is 24.5. The maximum atomic E-state index is 11.6. The number of carboxylic acid groups (broad SMARTS) is 1. The summed E-state index contributed by atoms with van der Waals surface area (Å²) in [7, 11) is 1.55. The number of rotatable bonds is 3. The molecule has 0 aliphatic carbocycles. The van der Waals surface area contributed by atoms with Gasteiger partial charge >= 0.3 is 12.0 Å². The molecule has 1 aromatic heterocycles. The van der Waals surface area contributed by atoms with E-state index in [1.165, 1.54) is 4.80 Å². The van der Waals surface area contributed by atoms with E-state index < -0.39 is 23.5 Å². The molecule has 0 aliphatic heterocycles. The second kappa shape index (κ2) is 4.98. The number of urea groups is 1. The first-order valence-corrected chi connectivity index (χ1v) is 5.24. The van der Waals surface area contributed by atoms with E-state index in [0.717, 1.165) is 0 Å². The van der Waals surface area contributed by atoms with Gasteiger partial charge in [0.15, 0.2) is 0 Å². The Bertz CT molecular complexity index is 449. The molecule has 0 saturated heterocycles. The summed E-state index contributed by atoms with van der Waals surface area (Å²) in [5.74, 6) is -1.10. The number of aliphatic carboxylic acids is 1. The fourth-order valence-corrected chi connectivity index (χ4v) is 1.25. The molecule has 0 unspecified atom stereocenters. The third-order valence-corrected chi connectivity index (χ3v) is 2.12. The predicted molar refractivity (Wildman–Crippen MR) is 61.8 cm³/mol. The number of aromatic nitrogens is 4. The molecule has 1 aromatic rings. The molecular weight excluding hydrogens is 240 g/mol. The van der Waals surface area contributed by atoms with Crippen LogP contribution in [0.1, 0.15) is 20.8 Å². The zero-order chi connectivity index (χ0) is 13.9. The number of amides is 2. The highest BCUT2D eigenvalue weighted by Gasteiger charge is 2.32. The lowest BCUT2D eigenvalue weighted by molar-refractivity contribution is -0.141. The molecule has 0 radical (unpaired) electrons. The molecule has 0 aliphatic rings. The van der Waals surface area contributed by atoms with Gasteiger partial charge in [-0.2, -0.15) is 4.80 Å². The zero-order valence-corrected chi connectivity index (χ0v) is 10.6. The molecule has 9 nitrogen and oxygen atoms in total. The quantitative estimate of drug-likeness (QED) is 0.690. The van der Waals surface area contributed by atoms with Gasteiger partial charge < -0.3 is 10.4 Å². The Hall–Kier alpha value is -2.19. The monoisotopic (exact) mass is 256 g/mol. The van der Waals surface area contributed by atoms with Gasteiger partial charge in [0.1, 0.15) is 6.04 Å². The molecule has 0 bridgehead atoms. The van der Waals surface area contributed by atoms with Gasteiger partial charge in [0.25, 0.3) is 5.95 Å². The highest BCUT2D eigenvalue weighted by molar-refractivity contribution is 5.91.